The van der Waals surface area contributed by atoms with E-state index < -0.39 is 11.7 Å². The number of amides is 2. The molecule has 0 radical (unpaired) electrons. The average Bonchev–Trinajstić information content (AvgIpc) is 2.71. The van der Waals surface area contributed by atoms with Gasteiger partial charge in [-0.15, -0.1) is 0 Å². The zero-order valence-electron chi connectivity index (χ0n) is 19.5. The number of hydrogen-bond donors (Lipinski definition) is 3. The first-order valence-electron chi connectivity index (χ1n) is 10.8. The monoisotopic (exact) mass is 442 g/mol. The molecule has 1 aromatic carbocycles. The van der Waals surface area contributed by atoms with Crippen molar-refractivity contribution >= 4 is 29.3 Å². The van der Waals surface area contributed by atoms with Gasteiger partial charge in [-0.2, -0.15) is 0 Å². The molecule has 0 aliphatic carbocycles. The number of nitrogens with zero attached hydrogens (tertiary/aromatic N) is 3. The van der Waals surface area contributed by atoms with Crippen molar-refractivity contribution in [2.75, 3.05) is 29.9 Å². The number of nitrogens with one attached hydrogen (secondary N) is 2. The molecule has 0 spiro atoms. The summed E-state index contributed by atoms with van der Waals surface area (Å²) in [6.45, 7) is 10.9. The number of alkyl carbamates (subject to hydrolysis) is 1. The number of anilines is 3. The highest BCUT2D eigenvalue weighted by Crippen LogP contribution is 2.18. The van der Waals surface area contributed by atoms with Crippen LogP contribution in [-0.4, -0.2) is 47.2 Å². The Hall–Kier alpha value is -3.36. The van der Waals surface area contributed by atoms with Crippen LogP contribution in [0.4, 0.5) is 22.1 Å². The Morgan fingerprint density at radius 3 is 2.56 bits per heavy atom. The Morgan fingerprint density at radius 2 is 1.97 bits per heavy atom. The number of aromatic nitrogens is 2. The number of nitrogens with two attached hydrogens (primary N) is 1. The molecule has 9 nitrogen and oxygen atoms in total. The molecule has 2 aromatic rings. The minimum absolute atomic E-state index is 0.276. The lowest BCUT2D eigenvalue weighted by molar-refractivity contribution is -0.121. The topological polar surface area (TPSA) is 122 Å². The molecule has 0 aliphatic heterocycles. The number of primary amides is 1. The Bertz CT molecular complexity index is 895. The lowest BCUT2D eigenvalue weighted by atomic mass is 10.1. The fourth-order valence-electron chi connectivity index (χ4n) is 2.93. The van der Waals surface area contributed by atoms with Gasteiger partial charge in [-0.3, -0.25) is 4.79 Å². The molecular weight excluding hydrogens is 408 g/mol. The molecule has 2 amide bonds. The second-order valence-electron chi connectivity index (χ2n) is 8.61. The molecule has 0 bridgehead atoms. The van der Waals surface area contributed by atoms with Crippen LogP contribution >= 0.6 is 0 Å². The average molecular weight is 443 g/mol. The molecule has 0 aliphatic rings. The van der Waals surface area contributed by atoms with Gasteiger partial charge in [0.15, 0.2) is 0 Å². The van der Waals surface area contributed by atoms with Crippen LogP contribution in [-0.2, 0) is 16.0 Å². The molecule has 9 heteroatoms. The van der Waals surface area contributed by atoms with E-state index in [9.17, 15) is 9.59 Å². The number of benzene rings is 1. The van der Waals surface area contributed by atoms with Gasteiger partial charge in [0.1, 0.15) is 17.2 Å². The zero-order chi connectivity index (χ0) is 23.7. The third-order valence-electron chi connectivity index (χ3n) is 4.61. The SMILES string of the molecule is CCN(CC(C)C(N)=O)c1cnc(Nc2cccc(CCNC(=O)OC(C)(C)C)c2)cn1. The number of rotatable bonds is 10. The third-order valence-corrected chi connectivity index (χ3v) is 4.61. The van der Waals surface area contributed by atoms with Crippen molar-refractivity contribution in [3.63, 3.8) is 0 Å². The fraction of sp³-hybridized carbons (Fsp3) is 0.478. The van der Waals surface area contributed by atoms with Crippen LogP contribution in [0.3, 0.4) is 0 Å². The van der Waals surface area contributed by atoms with Gasteiger partial charge in [0.25, 0.3) is 0 Å². The van der Waals surface area contributed by atoms with Crippen LogP contribution in [0.5, 0.6) is 0 Å². The lowest BCUT2D eigenvalue weighted by Gasteiger charge is -2.24. The maximum atomic E-state index is 11.8. The number of carbonyl (C=O) groups excluding carboxylic acids is 2. The summed E-state index contributed by atoms with van der Waals surface area (Å²) < 4.78 is 5.24. The Morgan fingerprint density at radius 1 is 1.22 bits per heavy atom. The maximum Gasteiger partial charge on any atom is 0.407 e. The van der Waals surface area contributed by atoms with Crippen LogP contribution in [0.25, 0.3) is 0 Å². The molecule has 4 N–H and O–H groups in total. The van der Waals surface area contributed by atoms with E-state index >= 15 is 0 Å². The van der Waals surface area contributed by atoms with Crippen molar-refractivity contribution in [2.45, 2.75) is 46.6 Å². The van der Waals surface area contributed by atoms with Gasteiger partial charge in [0.05, 0.1) is 18.3 Å². The third kappa shape index (κ3) is 8.41. The maximum absolute atomic E-state index is 11.8. The fourth-order valence-corrected chi connectivity index (χ4v) is 2.93. The first kappa shape index (κ1) is 24.9. The molecule has 1 aromatic heterocycles. The molecule has 0 saturated heterocycles. The van der Waals surface area contributed by atoms with E-state index in [1.165, 1.54) is 0 Å². The van der Waals surface area contributed by atoms with Crippen LogP contribution in [0, 0.1) is 5.92 Å². The Balaban J connectivity index is 1.93. The number of hydrogen-bond acceptors (Lipinski definition) is 7. The quantitative estimate of drug-likeness (QED) is 0.516. The Labute approximate surface area is 189 Å². The van der Waals surface area contributed by atoms with E-state index in [1.807, 2.05) is 56.9 Å². The molecule has 174 valence electrons. The van der Waals surface area contributed by atoms with E-state index in [1.54, 1.807) is 19.3 Å². The summed E-state index contributed by atoms with van der Waals surface area (Å²) in [6, 6.07) is 7.87. The summed E-state index contributed by atoms with van der Waals surface area (Å²) in [5, 5.41) is 6.00. The molecule has 1 heterocycles. The molecule has 32 heavy (non-hydrogen) atoms. The highest BCUT2D eigenvalue weighted by molar-refractivity contribution is 5.77. The second kappa shape index (κ2) is 11.3. The zero-order valence-corrected chi connectivity index (χ0v) is 19.5. The largest absolute Gasteiger partial charge is 0.444 e. The molecule has 0 fully saturated rings. The highest BCUT2D eigenvalue weighted by Gasteiger charge is 2.16. The first-order valence-corrected chi connectivity index (χ1v) is 10.8. The number of carbonyl (C=O) groups is 2. The van der Waals surface area contributed by atoms with Gasteiger partial charge in [0.2, 0.25) is 5.91 Å². The minimum Gasteiger partial charge on any atom is -0.444 e. The van der Waals surface area contributed by atoms with E-state index in [4.69, 9.17) is 10.5 Å². The molecular formula is C23H34N6O3. The summed E-state index contributed by atoms with van der Waals surface area (Å²) in [5.41, 5.74) is 6.79. The van der Waals surface area contributed by atoms with E-state index in [-0.39, 0.29) is 11.8 Å². The summed E-state index contributed by atoms with van der Waals surface area (Å²) in [6.07, 6.45) is 3.58. The van der Waals surface area contributed by atoms with Crippen LogP contribution < -0.4 is 21.3 Å². The minimum atomic E-state index is -0.515. The standard InChI is InChI=1S/C23H34N6O3/c1-6-29(15-16(2)21(24)30)20-14-26-19(13-27-20)28-18-9-7-8-17(12-18)10-11-25-22(31)32-23(3,4)5/h7-9,12-14,16H,6,10-11,15H2,1-5H3,(H2,24,30)(H,25,31)(H,26,28). The predicted octanol–water partition coefficient (Wildman–Crippen LogP) is 3.24. The molecule has 1 atom stereocenters. The van der Waals surface area contributed by atoms with Crippen molar-refractivity contribution in [3.8, 4) is 0 Å². The number of ether oxygens (including phenoxy) is 1. The van der Waals surface area contributed by atoms with Crippen molar-refractivity contribution in [3.05, 3.63) is 42.2 Å². The second-order valence-corrected chi connectivity index (χ2v) is 8.61. The van der Waals surface area contributed by atoms with Crippen molar-refractivity contribution in [1.29, 1.82) is 0 Å². The van der Waals surface area contributed by atoms with Gasteiger partial charge in [0, 0.05) is 25.3 Å². The van der Waals surface area contributed by atoms with Crippen molar-refractivity contribution in [2.24, 2.45) is 11.7 Å². The van der Waals surface area contributed by atoms with Gasteiger partial charge in [-0.05, 0) is 51.8 Å². The van der Waals surface area contributed by atoms with Gasteiger partial charge in [-0.1, -0.05) is 19.1 Å². The van der Waals surface area contributed by atoms with Gasteiger partial charge >= 0.3 is 6.09 Å². The summed E-state index contributed by atoms with van der Waals surface area (Å²) >= 11 is 0. The van der Waals surface area contributed by atoms with E-state index in [2.05, 4.69) is 20.6 Å². The molecule has 2 rings (SSSR count). The lowest BCUT2D eigenvalue weighted by Crippen LogP contribution is -2.35. The normalized spacial score (nSPS) is 12.0. The summed E-state index contributed by atoms with van der Waals surface area (Å²) in [7, 11) is 0. The smallest absolute Gasteiger partial charge is 0.407 e. The predicted molar refractivity (Wildman–Crippen MR) is 126 cm³/mol. The van der Waals surface area contributed by atoms with E-state index in [0.29, 0.717) is 37.7 Å². The Kier molecular flexibility index (Phi) is 8.80. The van der Waals surface area contributed by atoms with E-state index in [0.717, 1.165) is 11.3 Å². The van der Waals surface area contributed by atoms with Crippen LogP contribution in [0.1, 0.15) is 40.2 Å². The first-order chi connectivity index (χ1) is 15.1. The highest BCUT2D eigenvalue weighted by atomic mass is 16.6. The molecule has 1 unspecified atom stereocenters. The van der Waals surface area contributed by atoms with Gasteiger partial charge in [-0.25, -0.2) is 14.8 Å². The molecule has 0 saturated carbocycles. The van der Waals surface area contributed by atoms with Crippen molar-refractivity contribution < 1.29 is 14.3 Å². The van der Waals surface area contributed by atoms with Gasteiger partial charge < -0.3 is 26.0 Å². The van der Waals surface area contributed by atoms with Crippen LogP contribution in [0.15, 0.2) is 36.7 Å². The summed E-state index contributed by atoms with van der Waals surface area (Å²) in [4.78, 5) is 34.0. The van der Waals surface area contributed by atoms with Crippen LogP contribution in [0.2, 0.25) is 0 Å². The summed E-state index contributed by atoms with van der Waals surface area (Å²) in [5.74, 6) is 0.683. The van der Waals surface area contributed by atoms with Crippen molar-refractivity contribution in [1.82, 2.24) is 15.3 Å².